The van der Waals surface area contributed by atoms with Gasteiger partial charge in [-0.15, -0.1) is 0 Å². The van der Waals surface area contributed by atoms with Gasteiger partial charge in [-0.05, 0) is 73.5 Å². The zero-order valence-corrected chi connectivity index (χ0v) is 20.1. The summed E-state index contributed by atoms with van der Waals surface area (Å²) in [7, 11) is 0. The second-order valence-electron chi connectivity index (χ2n) is 9.35. The van der Waals surface area contributed by atoms with Crippen LogP contribution >= 0.6 is 0 Å². The molecule has 0 unspecified atom stereocenters. The highest BCUT2D eigenvalue weighted by Gasteiger charge is 2.17. The Balaban J connectivity index is 1.26. The molecule has 0 amide bonds. The van der Waals surface area contributed by atoms with E-state index in [1.165, 1.54) is 0 Å². The van der Waals surface area contributed by atoms with E-state index in [0.29, 0.717) is 0 Å². The van der Waals surface area contributed by atoms with Crippen LogP contribution in [0, 0.1) is 0 Å². The third-order valence-corrected chi connectivity index (χ3v) is 6.96. The number of ether oxygens (including phenoxy) is 1. The minimum Gasteiger partial charge on any atom is -0.489 e. The molecule has 6 heterocycles. The third kappa shape index (κ3) is 4.11. The van der Waals surface area contributed by atoms with Crippen LogP contribution < -0.4 is 10.1 Å². The number of benzene rings is 1. The predicted octanol–water partition coefficient (Wildman–Crippen LogP) is 5.36. The molecule has 1 aliphatic rings. The van der Waals surface area contributed by atoms with Crippen LogP contribution in [0.4, 0.5) is 0 Å². The maximum Gasteiger partial charge on any atom is 0.138 e. The SMILES string of the molecule is c1cncc(-c2ccnc3[nH]c(-c4n[nH]c5ccc(-c6cncc(OC7CCNCC7)c6)cc45)cc23)c1. The van der Waals surface area contributed by atoms with Gasteiger partial charge in [0.2, 0.25) is 0 Å². The molecule has 0 radical (unpaired) electrons. The number of hydrogen-bond donors (Lipinski definition) is 3. The molecule has 0 bridgehead atoms. The summed E-state index contributed by atoms with van der Waals surface area (Å²) in [5.41, 5.74) is 7.74. The zero-order chi connectivity index (χ0) is 24.6. The Hall–Kier alpha value is -4.56. The van der Waals surface area contributed by atoms with Crippen molar-refractivity contribution in [2.45, 2.75) is 18.9 Å². The molecule has 1 aromatic carbocycles. The van der Waals surface area contributed by atoms with E-state index in [0.717, 1.165) is 87.3 Å². The molecule has 1 saturated heterocycles. The van der Waals surface area contributed by atoms with Gasteiger partial charge in [-0.2, -0.15) is 5.10 Å². The number of nitrogens with one attached hydrogen (secondary N) is 3. The summed E-state index contributed by atoms with van der Waals surface area (Å²) in [6.07, 6.45) is 11.4. The summed E-state index contributed by atoms with van der Waals surface area (Å²) >= 11 is 0. The number of hydrogen-bond acceptors (Lipinski definition) is 6. The highest BCUT2D eigenvalue weighted by molar-refractivity contribution is 6.00. The Bertz CT molecular complexity index is 1700. The first-order valence-corrected chi connectivity index (χ1v) is 12.5. The second-order valence-corrected chi connectivity index (χ2v) is 9.35. The normalized spacial score (nSPS) is 14.4. The largest absolute Gasteiger partial charge is 0.489 e. The number of aromatic amines is 2. The summed E-state index contributed by atoms with van der Waals surface area (Å²) in [5.74, 6) is 0.807. The monoisotopic (exact) mass is 487 g/mol. The van der Waals surface area contributed by atoms with Crippen LogP contribution in [-0.4, -0.2) is 49.3 Å². The van der Waals surface area contributed by atoms with Crippen molar-refractivity contribution in [1.82, 2.24) is 35.5 Å². The van der Waals surface area contributed by atoms with Crippen molar-refractivity contribution in [3.05, 3.63) is 79.5 Å². The number of nitrogens with zero attached hydrogens (tertiary/aromatic N) is 4. The van der Waals surface area contributed by atoms with Gasteiger partial charge in [-0.1, -0.05) is 12.1 Å². The highest BCUT2D eigenvalue weighted by Crippen LogP contribution is 2.35. The molecule has 1 aliphatic heterocycles. The van der Waals surface area contributed by atoms with Gasteiger partial charge in [0.25, 0.3) is 0 Å². The van der Waals surface area contributed by atoms with Crippen molar-refractivity contribution in [2.24, 2.45) is 0 Å². The fraction of sp³-hybridized carbons (Fsp3) is 0.172. The van der Waals surface area contributed by atoms with Crippen LogP contribution in [0.1, 0.15) is 12.8 Å². The van der Waals surface area contributed by atoms with E-state index in [1.54, 1.807) is 12.4 Å². The van der Waals surface area contributed by atoms with Crippen molar-refractivity contribution < 1.29 is 4.74 Å². The molecule has 5 aromatic heterocycles. The first kappa shape index (κ1) is 21.7. The first-order chi connectivity index (χ1) is 18.3. The van der Waals surface area contributed by atoms with Crippen LogP contribution in [0.15, 0.2) is 79.5 Å². The highest BCUT2D eigenvalue weighted by atomic mass is 16.5. The minimum absolute atomic E-state index is 0.230. The van der Waals surface area contributed by atoms with Gasteiger partial charge in [0, 0.05) is 46.7 Å². The molecule has 1 fully saturated rings. The van der Waals surface area contributed by atoms with E-state index < -0.39 is 0 Å². The fourth-order valence-corrected chi connectivity index (χ4v) is 5.07. The van der Waals surface area contributed by atoms with E-state index >= 15 is 0 Å². The number of pyridine rings is 3. The quantitative estimate of drug-likeness (QED) is 0.302. The number of piperidine rings is 1. The average molecular weight is 488 g/mol. The van der Waals surface area contributed by atoms with E-state index in [-0.39, 0.29) is 6.10 Å². The lowest BCUT2D eigenvalue weighted by atomic mass is 10.0. The summed E-state index contributed by atoms with van der Waals surface area (Å²) in [5, 5.41) is 13.3. The van der Waals surface area contributed by atoms with Crippen molar-refractivity contribution in [3.63, 3.8) is 0 Å². The van der Waals surface area contributed by atoms with Gasteiger partial charge in [0.15, 0.2) is 0 Å². The Kier molecular flexibility index (Phi) is 5.36. The zero-order valence-electron chi connectivity index (χ0n) is 20.1. The number of rotatable bonds is 5. The summed E-state index contributed by atoms with van der Waals surface area (Å²) in [4.78, 5) is 16.8. The third-order valence-electron chi connectivity index (χ3n) is 6.96. The molecule has 0 aliphatic carbocycles. The van der Waals surface area contributed by atoms with Crippen LogP contribution in [-0.2, 0) is 0 Å². The maximum atomic E-state index is 6.23. The van der Waals surface area contributed by atoms with Crippen molar-refractivity contribution in [3.8, 4) is 39.4 Å². The molecule has 8 nitrogen and oxygen atoms in total. The van der Waals surface area contributed by atoms with Gasteiger partial charge in [0.05, 0.1) is 17.4 Å². The van der Waals surface area contributed by atoms with Gasteiger partial charge in [0.1, 0.15) is 23.2 Å². The molecule has 0 atom stereocenters. The summed E-state index contributed by atoms with van der Waals surface area (Å²) in [6.45, 7) is 1.98. The topological polar surface area (TPSA) is 104 Å². The Labute approximate surface area is 213 Å². The van der Waals surface area contributed by atoms with Crippen molar-refractivity contribution in [2.75, 3.05) is 13.1 Å². The van der Waals surface area contributed by atoms with E-state index in [9.17, 15) is 0 Å². The molecule has 3 N–H and O–H groups in total. The molecule has 0 saturated carbocycles. The minimum atomic E-state index is 0.230. The summed E-state index contributed by atoms with van der Waals surface area (Å²) < 4.78 is 6.23. The molecule has 0 spiro atoms. The van der Waals surface area contributed by atoms with Crippen LogP contribution in [0.2, 0.25) is 0 Å². The smallest absolute Gasteiger partial charge is 0.138 e. The molecule has 37 heavy (non-hydrogen) atoms. The number of aromatic nitrogens is 6. The van der Waals surface area contributed by atoms with Crippen molar-refractivity contribution >= 4 is 21.9 Å². The first-order valence-electron chi connectivity index (χ1n) is 12.5. The van der Waals surface area contributed by atoms with Gasteiger partial charge in [-0.3, -0.25) is 15.1 Å². The van der Waals surface area contributed by atoms with Gasteiger partial charge >= 0.3 is 0 Å². The van der Waals surface area contributed by atoms with Crippen LogP contribution in [0.25, 0.3) is 55.6 Å². The van der Waals surface area contributed by atoms with E-state index in [4.69, 9.17) is 4.74 Å². The molecule has 182 valence electrons. The lowest BCUT2D eigenvalue weighted by molar-refractivity contribution is 0.162. The lowest BCUT2D eigenvalue weighted by Crippen LogP contribution is -2.34. The maximum absolute atomic E-state index is 6.23. The number of H-pyrrole nitrogens is 2. The Morgan fingerprint density at radius 3 is 2.62 bits per heavy atom. The second kappa shape index (κ2) is 9.15. The Morgan fingerprint density at radius 1 is 0.811 bits per heavy atom. The van der Waals surface area contributed by atoms with Crippen molar-refractivity contribution in [1.29, 1.82) is 0 Å². The van der Waals surface area contributed by atoms with E-state index in [1.807, 2.05) is 30.7 Å². The predicted molar refractivity (Wildman–Crippen MR) is 144 cm³/mol. The van der Waals surface area contributed by atoms with Crippen LogP contribution in [0.3, 0.4) is 0 Å². The molecular formula is C29H25N7O. The summed E-state index contributed by atoms with van der Waals surface area (Å²) in [6, 6.07) is 16.5. The lowest BCUT2D eigenvalue weighted by Gasteiger charge is -2.23. The van der Waals surface area contributed by atoms with Gasteiger partial charge < -0.3 is 15.0 Å². The standard InChI is InChI=1S/C29H25N7O/c1-2-19(15-31-8-1)23-7-11-33-29-24(23)14-27(34-29)28-25-13-18(3-4-26(25)35-36-28)20-12-22(17-32-16-20)37-21-5-9-30-10-6-21/h1-4,7-8,11-17,21,30H,5-6,9-10H2,(H,33,34)(H,35,36). The molecule has 8 heteroatoms. The molecule has 7 rings (SSSR count). The fourth-order valence-electron chi connectivity index (χ4n) is 5.07. The Morgan fingerprint density at radius 2 is 1.73 bits per heavy atom. The van der Waals surface area contributed by atoms with Gasteiger partial charge in [-0.25, -0.2) is 4.98 Å². The number of fused-ring (bicyclic) bond motifs is 2. The average Bonchev–Trinajstić information content (AvgIpc) is 3.58. The molecular weight excluding hydrogens is 462 g/mol. The van der Waals surface area contributed by atoms with E-state index in [2.05, 4.69) is 71.8 Å². The van der Waals surface area contributed by atoms with Crippen LogP contribution in [0.5, 0.6) is 5.75 Å². The molecule has 6 aromatic rings.